The van der Waals surface area contributed by atoms with Crippen molar-refractivity contribution in [3.05, 3.63) is 0 Å². The Labute approximate surface area is 69.0 Å². The van der Waals surface area contributed by atoms with E-state index in [1.165, 1.54) is 12.8 Å². The minimum Gasteiger partial charge on any atom is -0.107 e. The summed E-state index contributed by atoms with van der Waals surface area (Å²) in [5, 5.41) is 1.06. The van der Waals surface area contributed by atoms with Crippen molar-refractivity contribution in [1.82, 2.24) is 0 Å². The molecule has 0 amide bonds. The van der Waals surface area contributed by atoms with Gasteiger partial charge in [0.1, 0.15) is 0 Å². The lowest BCUT2D eigenvalue weighted by molar-refractivity contribution is 0.745. The second-order valence-corrected chi connectivity index (χ2v) is 2.61. The van der Waals surface area contributed by atoms with Gasteiger partial charge in [-0.1, -0.05) is 22.4 Å². The Balaban J connectivity index is 3.09. The van der Waals surface area contributed by atoms with Gasteiger partial charge in [-0.05, 0) is 19.7 Å². The standard InChI is InChI=1S/C8H13Br/c1-2-3-4-5-6-7-8-9/h4-8H2,1H3/i1D2. The highest BCUT2D eigenvalue weighted by molar-refractivity contribution is 9.09. The van der Waals surface area contributed by atoms with Gasteiger partial charge >= 0.3 is 0 Å². The molecule has 0 bridgehead atoms. The predicted molar refractivity (Wildman–Crippen MR) is 45.7 cm³/mol. The second kappa shape index (κ2) is 8.04. The zero-order valence-electron chi connectivity index (χ0n) is 7.49. The summed E-state index contributed by atoms with van der Waals surface area (Å²) < 4.78 is 13.6. The molecule has 0 aliphatic rings. The Morgan fingerprint density at radius 3 is 3.00 bits per heavy atom. The molecule has 0 fully saturated rings. The predicted octanol–water partition coefficient (Wildman–Crippen LogP) is 2.97. The van der Waals surface area contributed by atoms with Gasteiger partial charge in [0, 0.05) is 14.5 Å². The topological polar surface area (TPSA) is 0 Å². The largest absolute Gasteiger partial charge is 0.107 e. The minimum atomic E-state index is -0.967. The molecule has 1 heteroatoms. The van der Waals surface area contributed by atoms with Gasteiger partial charge in [0.15, 0.2) is 0 Å². The molecule has 0 aromatic rings. The van der Waals surface area contributed by atoms with Crippen molar-refractivity contribution in [2.24, 2.45) is 0 Å². The van der Waals surface area contributed by atoms with Crippen LogP contribution in [-0.4, -0.2) is 5.33 Å². The molecule has 0 unspecified atom stereocenters. The molecule has 0 spiro atoms. The molecule has 0 aromatic heterocycles. The van der Waals surface area contributed by atoms with Crippen LogP contribution in [0.15, 0.2) is 0 Å². The molecule has 0 saturated carbocycles. The fraction of sp³-hybridized carbons (Fsp3) is 0.750. The lowest BCUT2D eigenvalue weighted by atomic mass is 10.2. The monoisotopic (exact) mass is 190 g/mol. The number of rotatable bonds is 4. The second-order valence-electron chi connectivity index (χ2n) is 1.82. The first kappa shape index (κ1) is 5.80. The molecule has 52 valence electrons. The number of unbranched alkanes of at least 4 members (excludes halogenated alkanes) is 3. The van der Waals surface area contributed by atoms with Crippen LogP contribution in [0, 0.1) is 11.8 Å². The van der Waals surface area contributed by atoms with Crippen LogP contribution in [0.25, 0.3) is 0 Å². The molecular formula is C8H13Br. The van der Waals surface area contributed by atoms with Crippen LogP contribution in [0.2, 0.25) is 0 Å². The van der Waals surface area contributed by atoms with E-state index in [2.05, 4.69) is 27.8 Å². The summed E-state index contributed by atoms with van der Waals surface area (Å²) in [7, 11) is 0. The SMILES string of the molecule is [2H]C([2H])C#CCCCCCBr. The summed E-state index contributed by atoms with van der Waals surface area (Å²) in [6.07, 6.45) is 4.29. The van der Waals surface area contributed by atoms with Crippen molar-refractivity contribution < 1.29 is 2.74 Å². The first-order valence-electron chi connectivity index (χ1n) is 4.31. The fourth-order valence-corrected chi connectivity index (χ4v) is 0.953. The van der Waals surface area contributed by atoms with Gasteiger partial charge in [-0.2, -0.15) is 0 Å². The summed E-state index contributed by atoms with van der Waals surface area (Å²) in [4.78, 5) is 0. The summed E-state index contributed by atoms with van der Waals surface area (Å²) >= 11 is 3.35. The summed E-state index contributed by atoms with van der Waals surface area (Å²) in [5.41, 5.74) is 0. The van der Waals surface area contributed by atoms with Gasteiger partial charge in [-0.15, -0.1) is 11.8 Å². The summed E-state index contributed by atoms with van der Waals surface area (Å²) in [6, 6.07) is 0. The van der Waals surface area contributed by atoms with Crippen LogP contribution in [0.1, 0.15) is 35.3 Å². The van der Waals surface area contributed by atoms with Crippen LogP contribution < -0.4 is 0 Å². The highest BCUT2D eigenvalue weighted by atomic mass is 79.9. The Hall–Kier alpha value is 0.0400. The fourth-order valence-electron chi connectivity index (χ4n) is 0.557. The zero-order chi connectivity index (χ0) is 8.53. The van der Waals surface area contributed by atoms with Gasteiger partial charge in [0.25, 0.3) is 0 Å². The van der Waals surface area contributed by atoms with Gasteiger partial charge in [-0.3, -0.25) is 0 Å². The Morgan fingerprint density at radius 2 is 2.33 bits per heavy atom. The van der Waals surface area contributed by atoms with E-state index < -0.39 is 6.88 Å². The van der Waals surface area contributed by atoms with E-state index in [1.807, 2.05) is 0 Å². The Bertz CT molecular complexity index is 135. The normalized spacial score (nSPS) is 11.8. The van der Waals surface area contributed by atoms with E-state index in [9.17, 15) is 0 Å². The highest BCUT2D eigenvalue weighted by Crippen LogP contribution is 2.00. The summed E-state index contributed by atoms with van der Waals surface area (Å²) in [6.45, 7) is -0.967. The third kappa shape index (κ3) is 8.04. The van der Waals surface area contributed by atoms with Gasteiger partial charge in [0.05, 0.1) is 0 Å². The van der Waals surface area contributed by atoms with Crippen LogP contribution in [0.5, 0.6) is 0 Å². The molecule has 0 radical (unpaired) electrons. The first-order valence-corrected chi connectivity index (χ1v) is 4.28. The van der Waals surface area contributed by atoms with Crippen molar-refractivity contribution in [3.8, 4) is 11.8 Å². The molecule has 0 N–H and O–H groups in total. The van der Waals surface area contributed by atoms with E-state index in [-0.39, 0.29) is 0 Å². The number of alkyl halides is 1. The molecule has 0 aliphatic carbocycles. The summed E-state index contributed by atoms with van der Waals surface area (Å²) in [5.74, 6) is 5.30. The first-order chi connectivity index (χ1) is 5.27. The quantitative estimate of drug-likeness (QED) is 0.364. The van der Waals surface area contributed by atoms with E-state index in [1.54, 1.807) is 0 Å². The van der Waals surface area contributed by atoms with Crippen LogP contribution >= 0.6 is 15.9 Å². The maximum Gasteiger partial charge on any atom is 0.0366 e. The van der Waals surface area contributed by atoms with E-state index in [4.69, 9.17) is 2.74 Å². The lowest BCUT2D eigenvalue weighted by Crippen LogP contribution is -1.75. The molecule has 0 atom stereocenters. The number of halogens is 1. The highest BCUT2D eigenvalue weighted by Gasteiger charge is 1.83. The lowest BCUT2D eigenvalue weighted by Gasteiger charge is -1.90. The van der Waals surface area contributed by atoms with E-state index in [0.717, 1.165) is 18.2 Å². The van der Waals surface area contributed by atoms with Gasteiger partial charge in [-0.25, -0.2) is 0 Å². The maximum atomic E-state index is 6.78. The number of hydrogen-bond acceptors (Lipinski definition) is 0. The smallest absolute Gasteiger partial charge is 0.0366 e. The molecule has 0 nitrogen and oxygen atoms in total. The molecular weight excluding hydrogens is 176 g/mol. The van der Waals surface area contributed by atoms with Crippen LogP contribution in [0.4, 0.5) is 0 Å². The average molecular weight is 191 g/mol. The average Bonchev–Trinajstić information content (AvgIpc) is 1.96. The maximum absolute atomic E-state index is 6.78. The number of hydrogen-bond donors (Lipinski definition) is 0. The van der Waals surface area contributed by atoms with E-state index >= 15 is 0 Å². The van der Waals surface area contributed by atoms with E-state index in [0.29, 0.717) is 0 Å². The molecule has 0 aromatic carbocycles. The van der Waals surface area contributed by atoms with Gasteiger partial charge < -0.3 is 0 Å². The minimum absolute atomic E-state index is 0.835. The third-order valence-corrected chi connectivity index (χ3v) is 1.60. The van der Waals surface area contributed by atoms with Crippen LogP contribution in [-0.2, 0) is 0 Å². The van der Waals surface area contributed by atoms with Crippen molar-refractivity contribution in [3.63, 3.8) is 0 Å². The molecule has 0 aliphatic heterocycles. The van der Waals surface area contributed by atoms with Crippen molar-refractivity contribution in [1.29, 1.82) is 0 Å². The molecule has 0 rings (SSSR count). The van der Waals surface area contributed by atoms with Crippen molar-refractivity contribution in [2.45, 2.75) is 32.6 Å². The molecule has 0 saturated heterocycles. The van der Waals surface area contributed by atoms with Crippen molar-refractivity contribution in [2.75, 3.05) is 5.33 Å². The van der Waals surface area contributed by atoms with Crippen molar-refractivity contribution >= 4 is 15.9 Å². The Kier molecular flexibility index (Phi) is 5.18. The van der Waals surface area contributed by atoms with Crippen LogP contribution in [0.3, 0.4) is 0 Å². The zero-order valence-corrected chi connectivity index (χ0v) is 7.08. The molecule has 9 heavy (non-hydrogen) atoms. The third-order valence-electron chi connectivity index (χ3n) is 1.04. The molecule has 0 heterocycles. The van der Waals surface area contributed by atoms with Gasteiger partial charge in [0.2, 0.25) is 0 Å². The Morgan fingerprint density at radius 1 is 1.44 bits per heavy atom.